The summed E-state index contributed by atoms with van der Waals surface area (Å²) in [6.07, 6.45) is 0. The van der Waals surface area contributed by atoms with Crippen LogP contribution >= 0.6 is 22.6 Å². The summed E-state index contributed by atoms with van der Waals surface area (Å²) in [6.45, 7) is 0.851. The van der Waals surface area contributed by atoms with Gasteiger partial charge in [0.05, 0.1) is 7.11 Å². The normalized spacial score (nSPS) is 11.6. The average molecular weight is 364 g/mol. The molecule has 0 saturated carbocycles. The van der Waals surface area contributed by atoms with Crippen LogP contribution in [0.4, 0.5) is 8.78 Å². The Bertz CT molecular complexity index is 546. The Morgan fingerprint density at radius 3 is 2.39 bits per heavy atom. The molecule has 0 spiro atoms. The first-order valence-electron chi connectivity index (χ1n) is 5.20. The fourth-order valence-electron chi connectivity index (χ4n) is 1.66. The van der Waals surface area contributed by atoms with E-state index < -0.39 is 5.92 Å². The van der Waals surface area contributed by atoms with Crippen molar-refractivity contribution in [2.24, 2.45) is 0 Å². The molecule has 2 aromatic rings. The molecule has 2 rings (SSSR count). The molecule has 6 heteroatoms. The summed E-state index contributed by atoms with van der Waals surface area (Å²) in [5.74, 6) is -2.27. The molecule has 0 aliphatic carbocycles. The van der Waals surface area contributed by atoms with Gasteiger partial charge in [-0.3, -0.25) is 5.10 Å². The number of halogens is 3. The summed E-state index contributed by atoms with van der Waals surface area (Å²) in [7, 11) is 1.56. The number of rotatable bonds is 3. The number of ether oxygens (including phenoxy) is 1. The van der Waals surface area contributed by atoms with E-state index in [1.165, 1.54) is 0 Å². The molecule has 0 radical (unpaired) electrons. The molecule has 0 aliphatic rings. The Kier molecular flexibility index (Phi) is 3.56. The van der Waals surface area contributed by atoms with Gasteiger partial charge in [0.1, 0.15) is 15.1 Å². The molecule has 0 fully saturated rings. The molecule has 0 saturated heterocycles. The van der Waals surface area contributed by atoms with Crippen molar-refractivity contribution in [3.63, 3.8) is 0 Å². The first-order chi connectivity index (χ1) is 8.43. The van der Waals surface area contributed by atoms with Crippen LogP contribution in [0.3, 0.4) is 0 Å². The van der Waals surface area contributed by atoms with Crippen LogP contribution in [-0.4, -0.2) is 17.3 Å². The van der Waals surface area contributed by atoms with Crippen LogP contribution in [0, 0.1) is 3.70 Å². The number of hydrogen-bond donors (Lipinski definition) is 1. The number of nitrogens with one attached hydrogen (secondary N) is 1. The first-order valence-corrected chi connectivity index (χ1v) is 6.28. The van der Waals surface area contributed by atoms with E-state index in [0.717, 1.165) is 6.92 Å². The third kappa shape index (κ3) is 2.47. The largest absolute Gasteiger partial charge is 0.497 e. The number of alkyl halides is 2. The molecule has 1 N–H and O–H groups in total. The maximum absolute atomic E-state index is 13.5. The summed E-state index contributed by atoms with van der Waals surface area (Å²) in [4.78, 5) is 0. The number of nitrogens with zero attached hydrogens (tertiary/aromatic N) is 1. The van der Waals surface area contributed by atoms with Crippen LogP contribution in [0.15, 0.2) is 24.3 Å². The van der Waals surface area contributed by atoms with E-state index in [-0.39, 0.29) is 5.69 Å². The standard InChI is InChI=1S/C12H11F2IN2O/c1-12(13,14)10-9(11(15)17-16-10)7-3-5-8(18-2)6-4-7/h3-6H,1-2H3,(H,16,17). The lowest BCUT2D eigenvalue weighted by Gasteiger charge is -2.11. The van der Waals surface area contributed by atoms with Crippen molar-refractivity contribution >= 4 is 22.6 Å². The SMILES string of the molecule is COc1ccc(-c2c(I)n[nH]c2C(C)(F)F)cc1. The van der Waals surface area contributed by atoms with Crippen LogP contribution in [0.2, 0.25) is 0 Å². The highest BCUT2D eigenvalue weighted by Crippen LogP contribution is 2.37. The quantitative estimate of drug-likeness (QED) is 0.842. The molecule has 3 nitrogen and oxygen atoms in total. The van der Waals surface area contributed by atoms with Crippen molar-refractivity contribution < 1.29 is 13.5 Å². The number of aromatic amines is 1. The first kappa shape index (κ1) is 13.3. The van der Waals surface area contributed by atoms with Crippen molar-refractivity contribution in [3.8, 4) is 16.9 Å². The summed E-state index contributed by atoms with van der Waals surface area (Å²) in [6, 6.07) is 6.94. The van der Waals surface area contributed by atoms with Gasteiger partial charge in [-0.25, -0.2) is 0 Å². The third-order valence-electron chi connectivity index (χ3n) is 2.54. The Labute approximate surface area is 117 Å². The number of methoxy groups -OCH3 is 1. The molecule has 1 heterocycles. The molecular formula is C12H11F2IN2O. The fourth-order valence-corrected chi connectivity index (χ4v) is 2.36. The van der Waals surface area contributed by atoms with Gasteiger partial charge in [-0.1, -0.05) is 12.1 Å². The van der Waals surface area contributed by atoms with Crippen molar-refractivity contribution in [2.75, 3.05) is 7.11 Å². The average Bonchev–Trinajstić information content (AvgIpc) is 2.71. The summed E-state index contributed by atoms with van der Waals surface area (Å²) in [5.41, 5.74) is 0.952. The minimum absolute atomic E-state index is 0.169. The third-order valence-corrected chi connectivity index (χ3v) is 3.32. The molecule has 0 unspecified atom stereocenters. The highest BCUT2D eigenvalue weighted by atomic mass is 127. The van der Waals surface area contributed by atoms with Crippen LogP contribution < -0.4 is 4.74 Å². The van der Waals surface area contributed by atoms with Gasteiger partial charge in [0.15, 0.2) is 0 Å². The van der Waals surface area contributed by atoms with E-state index in [9.17, 15) is 8.78 Å². The van der Waals surface area contributed by atoms with E-state index in [2.05, 4.69) is 10.2 Å². The number of aromatic nitrogens is 2. The second kappa shape index (κ2) is 4.83. The smallest absolute Gasteiger partial charge is 0.287 e. The molecule has 1 aromatic carbocycles. The van der Waals surface area contributed by atoms with E-state index in [1.807, 2.05) is 22.6 Å². The van der Waals surface area contributed by atoms with Crippen molar-refractivity contribution in [2.45, 2.75) is 12.8 Å². The maximum atomic E-state index is 13.5. The highest BCUT2D eigenvalue weighted by molar-refractivity contribution is 14.1. The molecule has 0 atom stereocenters. The monoisotopic (exact) mass is 364 g/mol. The topological polar surface area (TPSA) is 37.9 Å². The molecule has 18 heavy (non-hydrogen) atoms. The van der Waals surface area contributed by atoms with E-state index in [4.69, 9.17) is 4.74 Å². The molecule has 0 bridgehead atoms. The second-order valence-corrected chi connectivity index (χ2v) is 4.90. The van der Waals surface area contributed by atoms with Crippen LogP contribution in [0.1, 0.15) is 12.6 Å². The Balaban J connectivity index is 2.52. The Morgan fingerprint density at radius 1 is 1.28 bits per heavy atom. The second-order valence-electron chi connectivity index (χ2n) is 3.88. The Morgan fingerprint density at radius 2 is 1.89 bits per heavy atom. The van der Waals surface area contributed by atoms with Gasteiger partial charge >= 0.3 is 0 Å². The van der Waals surface area contributed by atoms with Crippen LogP contribution in [0.25, 0.3) is 11.1 Å². The van der Waals surface area contributed by atoms with E-state index >= 15 is 0 Å². The molecular weight excluding hydrogens is 353 g/mol. The van der Waals surface area contributed by atoms with Gasteiger partial charge in [-0.15, -0.1) is 0 Å². The predicted molar refractivity (Wildman–Crippen MR) is 72.9 cm³/mol. The summed E-state index contributed by atoms with van der Waals surface area (Å²) < 4.78 is 32.5. The predicted octanol–water partition coefficient (Wildman–Crippen LogP) is 3.80. The molecule has 0 aliphatic heterocycles. The summed E-state index contributed by atoms with van der Waals surface area (Å²) in [5, 5.41) is 6.25. The minimum atomic E-state index is -2.95. The molecule has 96 valence electrons. The molecule has 1 aromatic heterocycles. The lowest BCUT2D eigenvalue weighted by atomic mass is 10.0. The van der Waals surface area contributed by atoms with Crippen LogP contribution in [0.5, 0.6) is 5.75 Å². The fraction of sp³-hybridized carbons (Fsp3) is 0.250. The lowest BCUT2D eigenvalue weighted by molar-refractivity contribution is 0.0133. The van der Waals surface area contributed by atoms with E-state index in [0.29, 0.717) is 20.6 Å². The zero-order valence-electron chi connectivity index (χ0n) is 9.80. The van der Waals surface area contributed by atoms with Crippen molar-refractivity contribution in [1.29, 1.82) is 0 Å². The van der Waals surface area contributed by atoms with Gasteiger partial charge < -0.3 is 4.74 Å². The van der Waals surface area contributed by atoms with Crippen molar-refractivity contribution in [1.82, 2.24) is 10.2 Å². The Hall–Kier alpha value is -1.18. The highest BCUT2D eigenvalue weighted by Gasteiger charge is 2.32. The van der Waals surface area contributed by atoms with Gasteiger partial charge in [0.2, 0.25) is 0 Å². The maximum Gasteiger partial charge on any atom is 0.287 e. The number of hydrogen-bond acceptors (Lipinski definition) is 2. The van der Waals surface area contributed by atoms with Gasteiger partial charge in [0, 0.05) is 12.5 Å². The lowest BCUT2D eigenvalue weighted by Crippen LogP contribution is -2.09. The van der Waals surface area contributed by atoms with Gasteiger partial charge in [-0.2, -0.15) is 13.9 Å². The van der Waals surface area contributed by atoms with E-state index in [1.54, 1.807) is 31.4 Å². The van der Waals surface area contributed by atoms with Gasteiger partial charge in [-0.05, 0) is 40.3 Å². The molecule has 0 amide bonds. The van der Waals surface area contributed by atoms with Crippen molar-refractivity contribution in [3.05, 3.63) is 33.7 Å². The zero-order valence-corrected chi connectivity index (χ0v) is 12.0. The zero-order chi connectivity index (χ0) is 13.3. The van der Waals surface area contributed by atoms with Gasteiger partial charge in [0.25, 0.3) is 5.92 Å². The summed E-state index contributed by atoms with van der Waals surface area (Å²) >= 11 is 1.94. The van der Waals surface area contributed by atoms with Crippen LogP contribution in [-0.2, 0) is 5.92 Å². The number of H-pyrrole nitrogens is 1. The number of benzene rings is 1. The minimum Gasteiger partial charge on any atom is -0.497 e.